The molecule has 0 atom stereocenters. The molecule has 2 aromatic rings. The molecule has 2 rings (SSSR count). The summed E-state index contributed by atoms with van der Waals surface area (Å²) in [5, 5.41) is 4.90. The zero-order valence-corrected chi connectivity index (χ0v) is 10.3. The van der Waals surface area contributed by atoms with Crippen molar-refractivity contribution in [3.05, 3.63) is 36.1 Å². The quantitative estimate of drug-likeness (QED) is 0.669. The van der Waals surface area contributed by atoms with Gasteiger partial charge in [0, 0.05) is 5.39 Å². The maximum absolute atomic E-state index is 11.1. The van der Waals surface area contributed by atoms with Gasteiger partial charge in [-0.15, -0.1) is 0 Å². The van der Waals surface area contributed by atoms with Gasteiger partial charge in [0.2, 0.25) is 0 Å². The minimum atomic E-state index is -0.576. The van der Waals surface area contributed by atoms with Crippen LogP contribution in [0.15, 0.2) is 39.9 Å². The molecule has 0 unspecified atom stereocenters. The van der Waals surface area contributed by atoms with Crippen LogP contribution in [0, 0.1) is 0 Å². The van der Waals surface area contributed by atoms with Crippen LogP contribution in [-0.2, 0) is 4.74 Å². The average Bonchev–Trinajstić information content (AvgIpc) is 2.80. The highest BCUT2D eigenvalue weighted by Crippen LogP contribution is 2.19. The van der Waals surface area contributed by atoms with Crippen molar-refractivity contribution >= 4 is 22.8 Å². The minimum absolute atomic E-state index is 0.311. The van der Waals surface area contributed by atoms with E-state index < -0.39 is 6.09 Å². The molecule has 0 radical (unpaired) electrons. The maximum Gasteiger partial charge on any atom is 0.427 e. The third kappa shape index (κ3) is 2.68. The molecule has 0 aliphatic heterocycles. The van der Waals surface area contributed by atoms with Crippen molar-refractivity contribution in [1.29, 1.82) is 0 Å². The molecule has 0 fully saturated rings. The van der Waals surface area contributed by atoms with Crippen LogP contribution < -0.4 is 5.43 Å². The SMILES string of the molecule is CCOC(=O)NN=C(C)c1cc2ccccc2o1. The minimum Gasteiger partial charge on any atom is -0.455 e. The number of hydrogen-bond acceptors (Lipinski definition) is 4. The lowest BCUT2D eigenvalue weighted by Gasteiger charge is -2.00. The number of hydrazone groups is 1. The molecule has 94 valence electrons. The van der Waals surface area contributed by atoms with Crippen molar-refractivity contribution in [2.75, 3.05) is 6.61 Å². The number of benzene rings is 1. The Labute approximate surface area is 104 Å². The first-order valence-electron chi connectivity index (χ1n) is 5.66. The predicted molar refractivity (Wildman–Crippen MR) is 68.6 cm³/mol. The van der Waals surface area contributed by atoms with Gasteiger partial charge in [-0.25, -0.2) is 10.2 Å². The topological polar surface area (TPSA) is 63.8 Å². The van der Waals surface area contributed by atoms with Gasteiger partial charge in [0.15, 0.2) is 5.76 Å². The molecule has 0 spiro atoms. The molecular weight excluding hydrogens is 232 g/mol. The van der Waals surface area contributed by atoms with E-state index in [9.17, 15) is 4.79 Å². The van der Waals surface area contributed by atoms with Crippen LogP contribution in [-0.4, -0.2) is 18.4 Å². The van der Waals surface area contributed by atoms with Crippen LogP contribution in [0.2, 0.25) is 0 Å². The molecule has 5 heteroatoms. The van der Waals surface area contributed by atoms with Crippen LogP contribution in [0.5, 0.6) is 0 Å². The third-order valence-corrected chi connectivity index (χ3v) is 2.37. The molecule has 1 N–H and O–H groups in total. The average molecular weight is 246 g/mol. The number of rotatable bonds is 3. The molecular formula is C13H14N2O3. The van der Waals surface area contributed by atoms with Crippen LogP contribution in [0.1, 0.15) is 19.6 Å². The molecule has 0 aliphatic rings. The largest absolute Gasteiger partial charge is 0.455 e. The molecule has 0 aliphatic carbocycles. The molecule has 0 bridgehead atoms. The smallest absolute Gasteiger partial charge is 0.427 e. The summed E-state index contributed by atoms with van der Waals surface area (Å²) in [4.78, 5) is 11.1. The van der Waals surface area contributed by atoms with Crippen molar-refractivity contribution in [3.8, 4) is 0 Å². The molecule has 18 heavy (non-hydrogen) atoms. The van der Waals surface area contributed by atoms with E-state index in [1.165, 1.54) is 0 Å². The van der Waals surface area contributed by atoms with E-state index in [1.807, 2.05) is 30.3 Å². The number of ether oxygens (including phenoxy) is 1. The summed E-state index contributed by atoms with van der Waals surface area (Å²) in [7, 11) is 0. The highest BCUT2D eigenvalue weighted by atomic mass is 16.5. The van der Waals surface area contributed by atoms with Gasteiger partial charge in [0.05, 0.1) is 6.61 Å². The van der Waals surface area contributed by atoms with E-state index in [0.717, 1.165) is 11.0 Å². The normalized spacial score (nSPS) is 11.6. The molecule has 1 heterocycles. The fourth-order valence-corrected chi connectivity index (χ4v) is 1.51. The number of para-hydroxylation sites is 1. The zero-order valence-electron chi connectivity index (χ0n) is 10.3. The Morgan fingerprint density at radius 3 is 2.94 bits per heavy atom. The van der Waals surface area contributed by atoms with Crippen LogP contribution in [0.25, 0.3) is 11.0 Å². The van der Waals surface area contributed by atoms with E-state index >= 15 is 0 Å². The summed E-state index contributed by atoms with van der Waals surface area (Å²) < 4.78 is 10.3. The number of hydrogen-bond donors (Lipinski definition) is 1. The van der Waals surface area contributed by atoms with Crippen molar-refractivity contribution in [2.24, 2.45) is 5.10 Å². The Hall–Kier alpha value is -2.30. The monoisotopic (exact) mass is 246 g/mol. The predicted octanol–water partition coefficient (Wildman–Crippen LogP) is 2.90. The highest BCUT2D eigenvalue weighted by molar-refractivity contribution is 6.00. The summed E-state index contributed by atoms with van der Waals surface area (Å²) in [6.07, 6.45) is -0.576. The number of furan rings is 1. The molecule has 1 aromatic carbocycles. The van der Waals surface area contributed by atoms with Crippen LogP contribution >= 0.6 is 0 Å². The van der Waals surface area contributed by atoms with Crippen molar-refractivity contribution in [2.45, 2.75) is 13.8 Å². The van der Waals surface area contributed by atoms with Gasteiger partial charge in [0.25, 0.3) is 0 Å². The van der Waals surface area contributed by atoms with Gasteiger partial charge < -0.3 is 9.15 Å². The van der Waals surface area contributed by atoms with Crippen LogP contribution in [0.3, 0.4) is 0 Å². The second kappa shape index (κ2) is 5.35. The Kier molecular flexibility index (Phi) is 3.62. The first-order chi connectivity index (χ1) is 8.70. The van der Waals surface area contributed by atoms with E-state index in [-0.39, 0.29) is 0 Å². The first kappa shape index (κ1) is 12.2. The molecule has 5 nitrogen and oxygen atoms in total. The summed E-state index contributed by atoms with van der Waals surface area (Å²) >= 11 is 0. The second-order valence-electron chi connectivity index (χ2n) is 3.68. The van der Waals surface area contributed by atoms with Gasteiger partial charge in [-0.05, 0) is 26.0 Å². The number of fused-ring (bicyclic) bond motifs is 1. The zero-order chi connectivity index (χ0) is 13.0. The van der Waals surface area contributed by atoms with Crippen molar-refractivity contribution in [1.82, 2.24) is 5.43 Å². The molecule has 0 saturated heterocycles. The van der Waals surface area contributed by atoms with Crippen molar-refractivity contribution in [3.63, 3.8) is 0 Å². The lowest BCUT2D eigenvalue weighted by molar-refractivity contribution is 0.152. The van der Waals surface area contributed by atoms with Gasteiger partial charge in [-0.1, -0.05) is 18.2 Å². The fraction of sp³-hybridized carbons (Fsp3) is 0.231. The Morgan fingerprint density at radius 1 is 1.44 bits per heavy atom. The summed E-state index contributed by atoms with van der Waals surface area (Å²) in [6, 6.07) is 9.55. The summed E-state index contributed by atoms with van der Waals surface area (Å²) in [6.45, 7) is 3.80. The van der Waals surface area contributed by atoms with E-state index in [2.05, 4.69) is 10.5 Å². The summed E-state index contributed by atoms with van der Waals surface area (Å²) in [5.74, 6) is 0.619. The maximum atomic E-state index is 11.1. The Morgan fingerprint density at radius 2 is 2.22 bits per heavy atom. The van der Waals surface area contributed by atoms with Gasteiger partial charge in [-0.2, -0.15) is 5.10 Å². The van der Waals surface area contributed by atoms with E-state index in [1.54, 1.807) is 13.8 Å². The number of nitrogens with zero attached hydrogens (tertiary/aromatic N) is 1. The van der Waals surface area contributed by atoms with Crippen LogP contribution in [0.4, 0.5) is 4.79 Å². The number of carbonyl (C=O) groups is 1. The standard InChI is InChI=1S/C13H14N2O3/c1-3-17-13(16)15-14-9(2)12-8-10-6-4-5-7-11(10)18-12/h4-8H,3H2,1-2H3,(H,15,16). The number of carbonyl (C=O) groups excluding carboxylic acids is 1. The van der Waals surface area contributed by atoms with Gasteiger partial charge in [0.1, 0.15) is 11.3 Å². The lowest BCUT2D eigenvalue weighted by atomic mass is 10.2. The summed E-state index contributed by atoms with van der Waals surface area (Å²) in [5.41, 5.74) is 3.67. The fourth-order valence-electron chi connectivity index (χ4n) is 1.51. The van der Waals surface area contributed by atoms with Gasteiger partial charge >= 0.3 is 6.09 Å². The van der Waals surface area contributed by atoms with Crippen molar-refractivity contribution < 1.29 is 13.9 Å². The Bertz CT molecular complexity index is 554. The number of nitrogens with one attached hydrogen (secondary N) is 1. The second-order valence-corrected chi connectivity index (χ2v) is 3.68. The highest BCUT2D eigenvalue weighted by Gasteiger charge is 2.06. The number of amides is 1. The van der Waals surface area contributed by atoms with E-state index in [0.29, 0.717) is 18.1 Å². The third-order valence-electron chi connectivity index (χ3n) is 2.37. The molecule has 1 amide bonds. The van der Waals surface area contributed by atoms with Gasteiger partial charge in [-0.3, -0.25) is 0 Å². The lowest BCUT2D eigenvalue weighted by Crippen LogP contribution is -2.20. The molecule has 1 aromatic heterocycles. The van der Waals surface area contributed by atoms with E-state index in [4.69, 9.17) is 9.15 Å². The Balaban J connectivity index is 2.15. The molecule has 0 saturated carbocycles. The first-order valence-corrected chi connectivity index (χ1v) is 5.66.